The Morgan fingerprint density at radius 3 is 2.04 bits per heavy atom. The molecule has 0 saturated carbocycles. The van der Waals surface area contributed by atoms with Crippen LogP contribution in [0.25, 0.3) is 0 Å². The van der Waals surface area contributed by atoms with Crippen LogP contribution >= 0.6 is 22.6 Å². The van der Waals surface area contributed by atoms with Gasteiger partial charge in [0.1, 0.15) is 9.78 Å². The predicted octanol–water partition coefficient (Wildman–Crippen LogP) is 4.77. The Morgan fingerprint density at radius 1 is 1.33 bits per heavy atom. The van der Waals surface area contributed by atoms with Crippen molar-refractivity contribution in [3.63, 3.8) is 0 Å². The van der Waals surface area contributed by atoms with Gasteiger partial charge in [0.15, 0.2) is 0 Å². The number of hydrogen-bond acceptors (Lipinski definition) is 3. The summed E-state index contributed by atoms with van der Waals surface area (Å²) >= 11 is 0.587. The molecule has 3 nitrogen and oxygen atoms in total. The van der Waals surface area contributed by atoms with E-state index in [1.165, 1.54) is 20.8 Å². The van der Waals surface area contributed by atoms with Crippen molar-refractivity contribution in [1.29, 1.82) is 0 Å². The first-order valence-electron chi connectivity index (χ1n) is 6.49. The van der Waals surface area contributed by atoms with Gasteiger partial charge >= 0.3 is 37.1 Å². The van der Waals surface area contributed by atoms with Gasteiger partial charge in [0.2, 0.25) is 0 Å². The van der Waals surface area contributed by atoms with Crippen molar-refractivity contribution >= 4 is 28.6 Å². The third-order valence-electron chi connectivity index (χ3n) is 3.34. The molecule has 0 amide bonds. The molecule has 0 radical (unpaired) electrons. The summed E-state index contributed by atoms with van der Waals surface area (Å²) in [6.07, 6.45) is -10.5. The molecule has 0 saturated heterocycles. The molecule has 1 N–H and O–H groups in total. The summed E-state index contributed by atoms with van der Waals surface area (Å²) in [6, 6.07) is 0. The number of carbonyl (C=O) groups is 1. The number of aliphatic hydroxyl groups excluding tert-OH is 1. The molecular weight excluding hydrogens is 676 g/mol. The number of aliphatic hydroxyl groups is 1. The van der Waals surface area contributed by atoms with E-state index in [1.54, 1.807) is 0 Å². The van der Waals surface area contributed by atoms with Gasteiger partial charge < -0.3 is 9.84 Å². The molecule has 138 valence electrons. The molecule has 0 fully saturated rings. The molecule has 0 aromatic heterocycles. The molecule has 3 unspecified atom stereocenters. The Morgan fingerprint density at radius 2 is 1.75 bits per heavy atom. The van der Waals surface area contributed by atoms with Crippen molar-refractivity contribution in [1.82, 2.24) is 0 Å². The summed E-state index contributed by atoms with van der Waals surface area (Å²) in [6.45, 7) is 7.93. The summed E-state index contributed by atoms with van der Waals surface area (Å²) in [7, 11) is 0. The Kier molecular flexibility index (Phi) is 10.6. The average Bonchev–Trinajstić information content (AvgIpc) is 2.40. The van der Waals surface area contributed by atoms with Gasteiger partial charge in [0, 0.05) is 11.2 Å². The smallest absolute Gasteiger partial charge is 0.550 e. The molecule has 3 atom stereocenters. The minimum atomic E-state index is -5.44. The van der Waals surface area contributed by atoms with Crippen LogP contribution in [0.15, 0.2) is 12.2 Å². The van der Waals surface area contributed by atoms with Gasteiger partial charge in [-0.2, -0.15) is 13.3 Å². The Balaban J connectivity index is 0. The molecule has 0 aliphatic rings. The topological polar surface area (TPSA) is 46.5 Å². The van der Waals surface area contributed by atoms with Crippen LogP contribution in [0.3, 0.4) is 0 Å². The SMILES string of the molecule is C=C(C)C(=O)OC(C(C)(F)[C-](C)CC)C(F)(I)[C-](O)C(F)(F)F.[U+2]. The number of esters is 1. The summed E-state index contributed by atoms with van der Waals surface area (Å²) < 4.78 is 68.4. The Bertz CT molecular complexity index is 454. The number of ether oxygens (including phenoxy) is 1. The van der Waals surface area contributed by atoms with E-state index in [0.717, 1.165) is 6.92 Å². The Labute approximate surface area is 175 Å². The average molecular weight is 694 g/mol. The second-order valence-electron chi connectivity index (χ2n) is 5.24. The molecule has 0 heterocycles. The number of carbonyl (C=O) groups excluding carboxylic acids is 1. The first kappa shape index (κ1) is 26.8. The molecule has 0 aromatic rings. The van der Waals surface area contributed by atoms with E-state index in [0.29, 0.717) is 22.6 Å². The minimum Gasteiger partial charge on any atom is -0.550 e. The van der Waals surface area contributed by atoms with Crippen LogP contribution in [0.4, 0.5) is 22.0 Å². The fourth-order valence-corrected chi connectivity index (χ4v) is 2.63. The normalized spacial score (nSPS) is 18.4. The molecule has 10 heteroatoms. The van der Waals surface area contributed by atoms with E-state index < -0.39 is 33.7 Å². The molecule has 0 aliphatic carbocycles. The number of halogens is 6. The molecule has 0 aromatic carbocycles. The first-order chi connectivity index (χ1) is 10.1. The van der Waals surface area contributed by atoms with Crippen molar-refractivity contribution in [3.8, 4) is 0 Å². The van der Waals surface area contributed by atoms with Gasteiger partial charge in [-0.05, 0) is 13.0 Å². The van der Waals surface area contributed by atoms with E-state index in [4.69, 9.17) is 0 Å². The van der Waals surface area contributed by atoms with Crippen LogP contribution in [0.5, 0.6) is 0 Å². The van der Waals surface area contributed by atoms with Crippen molar-refractivity contribution in [3.05, 3.63) is 24.2 Å². The fourth-order valence-electron chi connectivity index (χ4n) is 1.62. The van der Waals surface area contributed by atoms with E-state index in [9.17, 15) is 31.9 Å². The van der Waals surface area contributed by atoms with Gasteiger partial charge in [-0.25, -0.2) is 18.0 Å². The molecule has 0 rings (SSSR count). The number of rotatable bonds is 7. The Hall–Kier alpha value is 0.602. The summed E-state index contributed by atoms with van der Waals surface area (Å²) in [5.41, 5.74) is -3.01. The van der Waals surface area contributed by atoms with Crippen molar-refractivity contribution in [2.24, 2.45) is 0 Å². The van der Waals surface area contributed by atoms with Crippen LogP contribution in [-0.4, -0.2) is 32.7 Å². The first-order valence-corrected chi connectivity index (χ1v) is 7.57. The zero-order valence-corrected chi connectivity index (χ0v) is 19.8. The maximum Gasteiger partial charge on any atom is 2.00 e. The van der Waals surface area contributed by atoms with Gasteiger partial charge in [0.05, 0.1) is 0 Å². The third-order valence-corrected chi connectivity index (χ3v) is 4.42. The van der Waals surface area contributed by atoms with Gasteiger partial charge in [0.25, 0.3) is 6.18 Å². The van der Waals surface area contributed by atoms with Crippen LogP contribution < -0.4 is 0 Å². The largest absolute Gasteiger partial charge is 2.00 e. The van der Waals surface area contributed by atoms with E-state index >= 15 is 0 Å². The second kappa shape index (κ2) is 9.51. The molecule has 0 bridgehead atoms. The second-order valence-corrected chi connectivity index (χ2v) is 6.81. The van der Waals surface area contributed by atoms with Gasteiger partial charge in [-0.1, -0.05) is 43.0 Å². The summed E-state index contributed by atoms with van der Waals surface area (Å²) in [4.78, 5) is 11.6. The van der Waals surface area contributed by atoms with Crippen molar-refractivity contribution in [2.45, 2.75) is 55.7 Å². The van der Waals surface area contributed by atoms with Gasteiger partial charge in [-0.3, -0.25) is 14.7 Å². The zero-order chi connectivity index (χ0) is 18.8. The zero-order valence-electron chi connectivity index (χ0n) is 13.5. The van der Waals surface area contributed by atoms with Crippen molar-refractivity contribution in [2.75, 3.05) is 0 Å². The standard InChI is InChI=1S/C14H18F5IO3.U/c1-6-8(4)12(5,15)11(23-9(21)7(2)3)13(16,20)10(22)14(17,18)19;/h11,22H,2,6H2,1,3-5H3;/q-2;+2. The fraction of sp³-hybridized carbons (Fsp3) is 0.643. The molecular formula is C14H18F5IO3U. The van der Waals surface area contributed by atoms with Crippen LogP contribution in [0.2, 0.25) is 0 Å². The van der Waals surface area contributed by atoms with Crippen LogP contribution in [0.1, 0.15) is 34.1 Å². The molecule has 0 spiro atoms. The third kappa shape index (κ3) is 6.40. The van der Waals surface area contributed by atoms with Crippen molar-refractivity contribution < 1.29 is 67.7 Å². The van der Waals surface area contributed by atoms with E-state index in [1.807, 2.05) is 0 Å². The maximum absolute atomic E-state index is 14.9. The predicted molar refractivity (Wildman–Crippen MR) is 82.5 cm³/mol. The number of alkyl halides is 6. The van der Waals surface area contributed by atoms with Crippen LogP contribution in [0, 0.1) is 43.1 Å². The van der Waals surface area contributed by atoms with E-state index in [-0.39, 0.29) is 49.0 Å². The molecule has 0 aliphatic heterocycles. The quantitative estimate of drug-likeness (QED) is 0.104. The molecule has 24 heavy (non-hydrogen) atoms. The number of hydrogen-bond donors (Lipinski definition) is 1. The summed E-state index contributed by atoms with van der Waals surface area (Å²) in [5, 5.41) is 9.17. The maximum atomic E-state index is 14.9. The van der Waals surface area contributed by atoms with Gasteiger partial charge in [-0.15, -0.1) is 0 Å². The summed E-state index contributed by atoms with van der Waals surface area (Å²) in [5.74, 6) is -1.32. The van der Waals surface area contributed by atoms with E-state index in [2.05, 4.69) is 11.3 Å². The van der Waals surface area contributed by atoms with Crippen LogP contribution in [-0.2, 0) is 9.53 Å². The monoisotopic (exact) mass is 694 g/mol. The minimum absolute atomic E-state index is 0.